The summed E-state index contributed by atoms with van der Waals surface area (Å²) in [7, 11) is 0. The average Bonchev–Trinajstić information content (AvgIpc) is 2.19. The highest BCUT2D eigenvalue weighted by molar-refractivity contribution is 5.22. The summed E-state index contributed by atoms with van der Waals surface area (Å²) in [6, 6.07) is 4.56. The quantitative estimate of drug-likeness (QED) is 0.789. The van der Waals surface area contributed by atoms with Crippen LogP contribution in [0, 0.1) is 28.9 Å². The molecule has 0 aliphatic rings. The van der Waals surface area contributed by atoms with Gasteiger partial charge < -0.3 is 5.11 Å². The van der Waals surface area contributed by atoms with Crippen molar-refractivity contribution in [3.8, 4) is 6.07 Å². The van der Waals surface area contributed by atoms with Crippen LogP contribution in [0.25, 0.3) is 0 Å². The number of benzene rings is 1. The van der Waals surface area contributed by atoms with Gasteiger partial charge in [0.15, 0.2) is 0 Å². The number of nitrogens with zero attached hydrogens (tertiary/aromatic N) is 1. The molecular weight excluding hydrogens is 188 g/mol. The van der Waals surface area contributed by atoms with Gasteiger partial charge in [0.1, 0.15) is 11.6 Å². The molecule has 14 heavy (non-hydrogen) atoms. The van der Waals surface area contributed by atoms with Crippen molar-refractivity contribution < 1.29 is 13.9 Å². The standard InChI is InChI=1S/C10H9F2NO/c1-6(5-13)10(14)8-4-7(11)2-3-9(8)12/h2-4,6,10,14H,1H3. The van der Waals surface area contributed by atoms with E-state index in [-0.39, 0.29) is 5.56 Å². The van der Waals surface area contributed by atoms with Crippen molar-refractivity contribution in [3.05, 3.63) is 35.4 Å². The predicted octanol–water partition coefficient (Wildman–Crippen LogP) is 2.16. The Morgan fingerprint density at radius 1 is 1.43 bits per heavy atom. The molecule has 0 heterocycles. The topological polar surface area (TPSA) is 44.0 Å². The summed E-state index contributed by atoms with van der Waals surface area (Å²) in [4.78, 5) is 0. The van der Waals surface area contributed by atoms with E-state index in [0.717, 1.165) is 18.2 Å². The first-order valence-electron chi connectivity index (χ1n) is 4.09. The van der Waals surface area contributed by atoms with Crippen LogP contribution >= 0.6 is 0 Å². The van der Waals surface area contributed by atoms with Gasteiger partial charge in [-0.3, -0.25) is 0 Å². The number of hydrogen-bond donors (Lipinski definition) is 1. The Morgan fingerprint density at radius 3 is 2.64 bits per heavy atom. The average molecular weight is 197 g/mol. The molecular formula is C10H9F2NO. The molecule has 0 amide bonds. The third-order valence-corrected chi connectivity index (χ3v) is 1.95. The van der Waals surface area contributed by atoms with Gasteiger partial charge in [-0.25, -0.2) is 8.78 Å². The second kappa shape index (κ2) is 4.16. The summed E-state index contributed by atoms with van der Waals surface area (Å²) in [5.41, 5.74) is -0.181. The number of halogens is 2. The van der Waals surface area contributed by atoms with Crippen LogP contribution in [0.5, 0.6) is 0 Å². The van der Waals surface area contributed by atoms with Crippen molar-refractivity contribution in [3.63, 3.8) is 0 Å². The van der Waals surface area contributed by atoms with Gasteiger partial charge in [-0.1, -0.05) is 0 Å². The second-order valence-corrected chi connectivity index (χ2v) is 3.03. The maximum Gasteiger partial charge on any atom is 0.129 e. The van der Waals surface area contributed by atoms with Crippen LogP contribution in [0.3, 0.4) is 0 Å². The second-order valence-electron chi connectivity index (χ2n) is 3.03. The molecule has 0 fully saturated rings. The first-order valence-corrected chi connectivity index (χ1v) is 4.09. The Morgan fingerprint density at radius 2 is 2.07 bits per heavy atom. The van der Waals surface area contributed by atoms with Crippen molar-refractivity contribution in [2.75, 3.05) is 0 Å². The molecule has 0 spiro atoms. The van der Waals surface area contributed by atoms with E-state index < -0.39 is 23.7 Å². The number of hydrogen-bond acceptors (Lipinski definition) is 2. The van der Waals surface area contributed by atoms with Crippen molar-refractivity contribution in [1.82, 2.24) is 0 Å². The molecule has 1 N–H and O–H groups in total. The van der Waals surface area contributed by atoms with E-state index in [1.807, 2.05) is 0 Å². The van der Waals surface area contributed by atoms with Crippen molar-refractivity contribution in [2.45, 2.75) is 13.0 Å². The number of aliphatic hydroxyl groups is 1. The minimum atomic E-state index is -1.30. The molecule has 4 heteroatoms. The first-order chi connectivity index (χ1) is 6.56. The smallest absolute Gasteiger partial charge is 0.129 e. The zero-order chi connectivity index (χ0) is 10.7. The van der Waals surface area contributed by atoms with Crippen LogP contribution in [0.2, 0.25) is 0 Å². The van der Waals surface area contributed by atoms with Crippen LogP contribution in [-0.4, -0.2) is 5.11 Å². The summed E-state index contributed by atoms with van der Waals surface area (Å²) >= 11 is 0. The normalized spacial score (nSPS) is 14.5. The Hall–Kier alpha value is -1.47. The van der Waals surface area contributed by atoms with Crippen molar-refractivity contribution >= 4 is 0 Å². The first kappa shape index (κ1) is 10.6. The molecule has 0 bridgehead atoms. The number of rotatable bonds is 2. The monoisotopic (exact) mass is 197 g/mol. The molecule has 0 aliphatic carbocycles. The fourth-order valence-corrected chi connectivity index (χ4v) is 1.08. The Kier molecular flexibility index (Phi) is 3.15. The third kappa shape index (κ3) is 2.06. The summed E-state index contributed by atoms with van der Waals surface area (Å²) in [6.45, 7) is 1.44. The Labute approximate surface area is 80.4 Å². The number of nitriles is 1. The zero-order valence-electron chi connectivity index (χ0n) is 7.54. The largest absolute Gasteiger partial charge is 0.387 e. The molecule has 74 valence electrons. The summed E-state index contributed by atoms with van der Waals surface area (Å²) in [5, 5.41) is 18.0. The molecule has 2 atom stereocenters. The van der Waals surface area contributed by atoms with Crippen LogP contribution in [-0.2, 0) is 0 Å². The highest BCUT2D eigenvalue weighted by Crippen LogP contribution is 2.24. The van der Waals surface area contributed by atoms with Gasteiger partial charge in [-0.2, -0.15) is 5.26 Å². The minimum Gasteiger partial charge on any atom is -0.387 e. The fourth-order valence-electron chi connectivity index (χ4n) is 1.08. The molecule has 0 aromatic heterocycles. The highest BCUT2D eigenvalue weighted by Gasteiger charge is 2.19. The molecule has 1 aromatic carbocycles. The van der Waals surface area contributed by atoms with Crippen LogP contribution < -0.4 is 0 Å². The molecule has 0 radical (unpaired) electrons. The Balaban J connectivity index is 3.07. The van der Waals surface area contributed by atoms with E-state index in [1.165, 1.54) is 6.92 Å². The van der Waals surface area contributed by atoms with Gasteiger partial charge in [0.05, 0.1) is 18.1 Å². The maximum atomic E-state index is 13.1. The molecule has 0 aliphatic heterocycles. The third-order valence-electron chi connectivity index (χ3n) is 1.95. The molecule has 1 rings (SSSR count). The maximum absolute atomic E-state index is 13.1. The van der Waals surface area contributed by atoms with Gasteiger partial charge in [0.25, 0.3) is 0 Å². The van der Waals surface area contributed by atoms with E-state index in [4.69, 9.17) is 5.26 Å². The Bertz CT molecular complexity index is 373. The van der Waals surface area contributed by atoms with Crippen LogP contribution in [0.1, 0.15) is 18.6 Å². The zero-order valence-corrected chi connectivity index (χ0v) is 7.54. The molecule has 0 saturated heterocycles. The van der Waals surface area contributed by atoms with Gasteiger partial charge >= 0.3 is 0 Å². The van der Waals surface area contributed by atoms with Crippen LogP contribution in [0.4, 0.5) is 8.78 Å². The summed E-state index contributed by atoms with van der Waals surface area (Å²) in [5.74, 6) is -2.11. The van der Waals surface area contributed by atoms with Gasteiger partial charge in [0.2, 0.25) is 0 Å². The van der Waals surface area contributed by atoms with Crippen LogP contribution in [0.15, 0.2) is 18.2 Å². The van der Waals surface area contributed by atoms with E-state index in [9.17, 15) is 13.9 Å². The summed E-state index contributed by atoms with van der Waals surface area (Å²) < 4.78 is 25.8. The summed E-state index contributed by atoms with van der Waals surface area (Å²) in [6.07, 6.45) is -1.30. The van der Waals surface area contributed by atoms with E-state index in [0.29, 0.717) is 0 Å². The molecule has 1 aromatic rings. The lowest BCUT2D eigenvalue weighted by molar-refractivity contribution is 0.138. The van der Waals surface area contributed by atoms with E-state index >= 15 is 0 Å². The lowest BCUT2D eigenvalue weighted by atomic mass is 9.98. The molecule has 2 unspecified atom stereocenters. The predicted molar refractivity (Wildman–Crippen MR) is 46.1 cm³/mol. The molecule has 0 saturated carbocycles. The lowest BCUT2D eigenvalue weighted by Gasteiger charge is -2.13. The SMILES string of the molecule is CC(C#N)C(O)c1cc(F)ccc1F. The minimum absolute atomic E-state index is 0.181. The molecule has 2 nitrogen and oxygen atoms in total. The van der Waals surface area contributed by atoms with E-state index in [2.05, 4.69) is 0 Å². The van der Waals surface area contributed by atoms with Crippen molar-refractivity contribution in [1.29, 1.82) is 5.26 Å². The van der Waals surface area contributed by atoms with E-state index in [1.54, 1.807) is 6.07 Å². The highest BCUT2D eigenvalue weighted by atomic mass is 19.1. The van der Waals surface area contributed by atoms with Gasteiger partial charge in [-0.05, 0) is 25.1 Å². The van der Waals surface area contributed by atoms with Gasteiger partial charge in [-0.15, -0.1) is 0 Å². The van der Waals surface area contributed by atoms with Crippen molar-refractivity contribution in [2.24, 2.45) is 5.92 Å². The fraction of sp³-hybridized carbons (Fsp3) is 0.300. The lowest BCUT2D eigenvalue weighted by Crippen LogP contribution is -2.09. The van der Waals surface area contributed by atoms with Gasteiger partial charge in [0, 0.05) is 5.56 Å². The number of aliphatic hydroxyl groups excluding tert-OH is 1.